The highest BCUT2D eigenvalue weighted by Gasteiger charge is 2.15. The first kappa shape index (κ1) is 18.1. The number of ether oxygens (including phenoxy) is 2. The molecule has 2 heterocycles. The number of aryl methyl sites for hydroxylation is 1. The fraction of sp³-hybridized carbons (Fsp3) is 0.267. The van der Waals surface area contributed by atoms with Crippen molar-refractivity contribution < 1.29 is 14.3 Å². The number of amides is 1. The van der Waals surface area contributed by atoms with E-state index in [-0.39, 0.29) is 11.7 Å². The van der Waals surface area contributed by atoms with Crippen molar-refractivity contribution in [2.75, 3.05) is 25.3 Å². The summed E-state index contributed by atoms with van der Waals surface area (Å²) in [7, 11) is 4.99. The number of anilines is 1. The largest absolute Gasteiger partial charge is 0.497 e. The Balaban J connectivity index is 1.68. The fourth-order valence-corrected chi connectivity index (χ4v) is 3.52. The summed E-state index contributed by atoms with van der Waals surface area (Å²) < 4.78 is 12.3. The van der Waals surface area contributed by atoms with Gasteiger partial charge in [0.15, 0.2) is 10.2 Å². The van der Waals surface area contributed by atoms with Crippen LogP contribution in [0, 0.1) is 0 Å². The van der Waals surface area contributed by atoms with Crippen LogP contribution in [0.3, 0.4) is 0 Å². The quantitative estimate of drug-likeness (QED) is 0.610. The summed E-state index contributed by atoms with van der Waals surface area (Å²) in [5.41, 5.74) is 0.748. The summed E-state index contributed by atoms with van der Waals surface area (Å²) in [5, 5.41) is 20.3. The first-order valence-electron chi connectivity index (χ1n) is 7.43. The molecule has 0 radical (unpaired) electrons. The lowest BCUT2D eigenvalue weighted by Crippen LogP contribution is -2.14. The minimum absolute atomic E-state index is 0.196. The van der Waals surface area contributed by atoms with Crippen LogP contribution in [0.4, 0.5) is 5.13 Å². The molecule has 26 heavy (non-hydrogen) atoms. The van der Waals surface area contributed by atoms with E-state index in [9.17, 15) is 4.79 Å². The van der Waals surface area contributed by atoms with Gasteiger partial charge < -0.3 is 14.0 Å². The first-order valence-corrected chi connectivity index (χ1v) is 9.23. The molecule has 1 N–H and O–H groups in total. The zero-order valence-corrected chi connectivity index (χ0v) is 15.9. The summed E-state index contributed by atoms with van der Waals surface area (Å²) >= 11 is 2.55. The Bertz CT molecular complexity index is 910. The minimum Gasteiger partial charge on any atom is -0.497 e. The van der Waals surface area contributed by atoms with E-state index >= 15 is 0 Å². The number of benzene rings is 1. The number of methoxy groups -OCH3 is 2. The number of nitrogens with zero attached hydrogens (tertiary/aromatic N) is 5. The van der Waals surface area contributed by atoms with Gasteiger partial charge in [0, 0.05) is 7.05 Å². The molecular weight excluding hydrogens is 376 g/mol. The topological polar surface area (TPSA) is 104 Å². The van der Waals surface area contributed by atoms with E-state index in [4.69, 9.17) is 9.47 Å². The molecule has 0 spiro atoms. The normalized spacial score (nSPS) is 10.6. The fourth-order valence-electron chi connectivity index (χ4n) is 2.05. The molecule has 1 aromatic carbocycles. The second-order valence-electron chi connectivity index (χ2n) is 5.04. The maximum absolute atomic E-state index is 12.1. The number of hydrogen-bond donors (Lipinski definition) is 1. The predicted octanol–water partition coefficient (Wildman–Crippen LogP) is 2.08. The molecule has 0 fully saturated rings. The van der Waals surface area contributed by atoms with E-state index in [1.54, 1.807) is 37.2 Å². The number of nitrogens with one attached hydrogen (secondary N) is 1. The number of carbonyl (C=O) groups excluding carboxylic acids is 1. The lowest BCUT2D eigenvalue weighted by atomic mass is 10.2. The van der Waals surface area contributed by atoms with Gasteiger partial charge in [-0.3, -0.25) is 10.1 Å². The van der Waals surface area contributed by atoms with Crippen molar-refractivity contribution in [3.63, 3.8) is 0 Å². The first-order chi connectivity index (χ1) is 12.6. The van der Waals surface area contributed by atoms with Gasteiger partial charge in [0.2, 0.25) is 11.0 Å². The number of aromatic nitrogens is 5. The Kier molecular flexibility index (Phi) is 5.68. The number of hydrogen-bond acceptors (Lipinski definition) is 9. The molecular formula is C15H16N6O3S2. The van der Waals surface area contributed by atoms with Crippen LogP contribution in [0.15, 0.2) is 29.7 Å². The monoisotopic (exact) mass is 392 g/mol. The van der Waals surface area contributed by atoms with Crippen molar-refractivity contribution >= 4 is 34.1 Å². The lowest BCUT2D eigenvalue weighted by Gasteiger charge is -2.07. The highest BCUT2D eigenvalue weighted by atomic mass is 32.2. The molecule has 0 atom stereocenters. The Morgan fingerprint density at radius 2 is 2.12 bits per heavy atom. The standard InChI is InChI=1S/C15H16N6O3S2/c1-21-8-16-20-15(21)25-7-12(22)17-14-19-18-13(26-14)10-6-9(23-2)4-5-11(10)24-3/h4-6,8H,7H2,1-3H3,(H,17,19,22). The third-order valence-corrected chi connectivity index (χ3v) is 5.22. The molecule has 136 valence electrons. The molecule has 0 aliphatic rings. The molecule has 0 aliphatic carbocycles. The summed E-state index contributed by atoms with van der Waals surface area (Å²) in [6.45, 7) is 0. The van der Waals surface area contributed by atoms with Gasteiger partial charge in [-0.05, 0) is 18.2 Å². The Morgan fingerprint density at radius 1 is 1.27 bits per heavy atom. The second-order valence-corrected chi connectivity index (χ2v) is 6.96. The number of thioether (sulfide) groups is 1. The van der Waals surface area contributed by atoms with Crippen molar-refractivity contribution in [3.8, 4) is 22.1 Å². The molecule has 0 bridgehead atoms. The molecule has 11 heteroatoms. The summed E-state index contributed by atoms with van der Waals surface area (Å²) in [4.78, 5) is 12.1. The molecule has 3 rings (SSSR count). The van der Waals surface area contributed by atoms with Gasteiger partial charge in [-0.15, -0.1) is 20.4 Å². The Labute approximate surface area is 157 Å². The zero-order valence-electron chi connectivity index (χ0n) is 14.3. The van der Waals surface area contributed by atoms with Crippen LogP contribution in [-0.4, -0.2) is 50.8 Å². The van der Waals surface area contributed by atoms with Crippen LogP contribution in [-0.2, 0) is 11.8 Å². The molecule has 3 aromatic rings. The SMILES string of the molecule is COc1ccc(OC)c(-c2nnc(NC(=O)CSc3nncn3C)s2)c1. The summed E-state index contributed by atoms with van der Waals surface area (Å²) in [6, 6.07) is 5.41. The molecule has 0 unspecified atom stereocenters. The smallest absolute Gasteiger partial charge is 0.236 e. The summed E-state index contributed by atoms with van der Waals surface area (Å²) in [6.07, 6.45) is 1.58. The molecule has 1 amide bonds. The maximum Gasteiger partial charge on any atom is 0.236 e. The zero-order chi connectivity index (χ0) is 18.5. The van der Waals surface area contributed by atoms with E-state index in [1.807, 2.05) is 13.1 Å². The average Bonchev–Trinajstić information content (AvgIpc) is 3.28. The highest BCUT2D eigenvalue weighted by molar-refractivity contribution is 7.99. The van der Waals surface area contributed by atoms with Crippen molar-refractivity contribution in [1.29, 1.82) is 0 Å². The van der Waals surface area contributed by atoms with Gasteiger partial charge in [0.05, 0.1) is 25.5 Å². The van der Waals surface area contributed by atoms with Crippen LogP contribution >= 0.6 is 23.1 Å². The van der Waals surface area contributed by atoms with E-state index in [0.717, 1.165) is 5.56 Å². The lowest BCUT2D eigenvalue weighted by molar-refractivity contribution is -0.113. The molecule has 0 saturated heterocycles. The van der Waals surface area contributed by atoms with Crippen LogP contribution in [0.5, 0.6) is 11.5 Å². The van der Waals surface area contributed by atoms with Crippen molar-refractivity contribution in [2.24, 2.45) is 7.05 Å². The molecule has 0 saturated carbocycles. The van der Waals surface area contributed by atoms with E-state index < -0.39 is 0 Å². The molecule has 0 aliphatic heterocycles. The molecule has 9 nitrogen and oxygen atoms in total. The van der Waals surface area contributed by atoms with E-state index in [2.05, 4.69) is 25.7 Å². The van der Waals surface area contributed by atoms with Crippen LogP contribution in [0.25, 0.3) is 10.6 Å². The van der Waals surface area contributed by atoms with Gasteiger partial charge in [-0.2, -0.15) is 0 Å². The minimum atomic E-state index is -0.196. The van der Waals surface area contributed by atoms with Gasteiger partial charge in [0.1, 0.15) is 17.8 Å². The van der Waals surface area contributed by atoms with Crippen LogP contribution in [0.1, 0.15) is 0 Å². The van der Waals surface area contributed by atoms with E-state index in [0.29, 0.717) is 26.8 Å². The number of rotatable bonds is 7. The molecule has 2 aromatic heterocycles. The van der Waals surface area contributed by atoms with Gasteiger partial charge in [-0.25, -0.2) is 0 Å². The average molecular weight is 392 g/mol. The Hall–Kier alpha value is -2.66. The number of carbonyl (C=O) groups is 1. The van der Waals surface area contributed by atoms with Gasteiger partial charge in [-0.1, -0.05) is 23.1 Å². The van der Waals surface area contributed by atoms with Crippen LogP contribution < -0.4 is 14.8 Å². The van der Waals surface area contributed by atoms with Crippen LogP contribution in [0.2, 0.25) is 0 Å². The second kappa shape index (κ2) is 8.15. The van der Waals surface area contributed by atoms with E-state index in [1.165, 1.54) is 23.1 Å². The maximum atomic E-state index is 12.1. The van der Waals surface area contributed by atoms with Crippen molar-refractivity contribution in [3.05, 3.63) is 24.5 Å². The van der Waals surface area contributed by atoms with Crippen molar-refractivity contribution in [2.45, 2.75) is 5.16 Å². The van der Waals surface area contributed by atoms with Gasteiger partial charge >= 0.3 is 0 Å². The Morgan fingerprint density at radius 3 is 2.81 bits per heavy atom. The summed E-state index contributed by atoms with van der Waals surface area (Å²) in [5.74, 6) is 1.34. The predicted molar refractivity (Wildman–Crippen MR) is 98.8 cm³/mol. The highest BCUT2D eigenvalue weighted by Crippen LogP contribution is 2.36. The van der Waals surface area contributed by atoms with Gasteiger partial charge in [0.25, 0.3) is 0 Å². The third kappa shape index (κ3) is 4.11. The van der Waals surface area contributed by atoms with Crippen molar-refractivity contribution in [1.82, 2.24) is 25.0 Å². The third-order valence-electron chi connectivity index (χ3n) is 3.31.